The van der Waals surface area contributed by atoms with Crippen LogP contribution >= 0.6 is 28.3 Å². The third-order valence-corrected chi connectivity index (χ3v) is 2.19. The molecule has 0 fully saturated rings. The summed E-state index contributed by atoms with van der Waals surface area (Å²) in [5.74, 6) is -0.274. The van der Waals surface area contributed by atoms with Gasteiger partial charge < -0.3 is 5.73 Å². The molecule has 0 aromatic heterocycles. The van der Waals surface area contributed by atoms with Crippen LogP contribution in [0.3, 0.4) is 0 Å². The highest BCUT2D eigenvalue weighted by Gasteiger charge is 2.06. The van der Waals surface area contributed by atoms with Crippen LogP contribution in [-0.4, -0.2) is 0 Å². The molecule has 1 aromatic rings. The highest BCUT2D eigenvalue weighted by atomic mass is 79.9. The van der Waals surface area contributed by atoms with Crippen LogP contribution in [0, 0.1) is 5.82 Å². The summed E-state index contributed by atoms with van der Waals surface area (Å²) in [5.41, 5.74) is 6.57. The second kappa shape index (κ2) is 6.17. The third-order valence-electron chi connectivity index (χ3n) is 1.73. The minimum Gasteiger partial charge on any atom is -0.324 e. The van der Waals surface area contributed by atoms with E-state index in [2.05, 4.69) is 22.5 Å². The molecule has 0 heterocycles. The summed E-state index contributed by atoms with van der Waals surface area (Å²) < 4.78 is 13.6. The van der Waals surface area contributed by atoms with Crippen LogP contribution in [0.5, 0.6) is 0 Å². The summed E-state index contributed by atoms with van der Waals surface area (Å²) >= 11 is 3.21. The summed E-state index contributed by atoms with van der Waals surface area (Å²) in [4.78, 5) is 0. The first-order valence-electron chi connectivity index (χ1n) is 3.96. The van der Waals surface area contributed by atoms with Gasteiger partial charge in [-0.05, 0) is 30.2 Å². The molecule has 0 bridgehead atoms. The fraction of sp³-hybridized carbons (Fsp3) is 0.200. The maximum Gasteiger partial charge on any atom is 0.124 e. The number of halogens is 3. The molecule has 1 nitrogen and oxygen atoms in total. The second-order valence-electron chi connectivity index (χ2n) is 2.83. The van der Waals surface area contributed by atoms with Gasteiger partial charge in [0.2, 0.25) is 0 Å². The summed E-state index contributed by atoms with van der Waals surface area (Å²) in [6.45, 7) is 3.59. The lowest BCUT2D eigenvalue weighted by Gasteiger charge is -2.09. The quantitative estimate of drug-likeness (QED) is 0.841. The molecule has 1 atom stereocenters. The van der Waals surface area contributed by atoms with Gasteiger partial charge in [0.1, 0.15) is 5.82 Å². The monoisotopic (exact) mass is 279 g/mol. The Balaban J connectivity index is 0.00000169. The average Bonchev–Trinajstić information content (AvgIpc) is 2.03. The van der Waals surface area contributed by atoms with E-state index in [9.17, 15) is 4.39 Å². The SMILES string of the molecule is C=CC[C@H](N)c1cc(F)cc(Br)c1.Cl. The molecule has 0 radical (unpaired) electrons. The Bertz CT molecular complexity index is 297. The first kappa shape index (κ1) is 13.6. The first-order chi connectivity index (χ1) is 6.13. The van der Waals surface area contributed by atoms with E-state index >= 15 is 0 Å². The molecule has 0 aliphatic rings. The van der Waals surface area contributed by atoms with E-state index in [4.69, 9.17) is 5.73 Å². The Morgan fingerprint density at radius 2 is 2.14 bits per heavy atom. The molecule has 0 saturated carbocycles. The van der Waals surface area contributed by atoms with Crippen LogP contribution in [0.2, 0.25) is 0 Å². The van der Waals surface area contributed by atoms with Crippen molar-refractivity contribution in [1.82, 2.24) is 0 Å². The fourth-order valence-corrected chi connectivity index (χ4v) is 1.59. The van der Waals surface area contributed by atoms with Crippen LogP contribution in [0.25, 0.3) is 0 Å². The molecular weight excluding hydrogens is 268 g/mol. The lowest BCUT2D eigenvalue weighted by Crippen LogP contribution is -2.09. The molecule has 4 heteroatoms. The van der Waals surface area contributed by atoms with E-state index in [-0.39, 0.29) is 24.3 Å². The van der Waals surface area contributed by atoms with E-state index in [0.717, 1.165) is 5.56 Å². The summed E-state index contributed by atoms with van der Waals surface area (Å²) in [5, 5.41) is 0. The lowest BCUT2D eigenvalue weighted by molar-refractivity contribution is 0.618. The molecule has 0 aliphatic heterocycles. The van der Waals surface area contributed by atoms with Gasteiger partial charge in [0, 0.05) is 10.5 Å². The highest BCUT2D eigenvalue weighted by Crippen LogP contribution is 2.20. The molecule has 1 rings (SSSR count). The van der Waals surface area contributed by atoms with Crippen molar-refractivity contribution in [2.75, 3.05) is 0 Å². The van der Waals surface area contributed by atoms with Crippen molar-refractivity contribution < 1.29 is 4.39 Å². The zero-order valence-corrected chi connectivity index (χ0v) is 9.94. The van der Waals surface area contributed by atoms with Crippen molar-refractivity contribution in [3.63, 3.8) is 0 Å². The molecule has 0 unspecified atom stereocenters. The van der Waals surface area contributed by atoms with Crippen LogP contribution in [0.4, 0.5) is 4.39 Å². The zero-order chi connectivity index (χ0) is 9.84. The van der Waals surface area contributed by atoms with E-state index in [1.165, 1.54) is 12.1 Å². The van der Waals surface area contributed by atoms with Crippen molar-refractivity contribution in [3.05, 3.63) is 46.7 Å². The van der Waals surface area contributed by atoms with Crippen molar-refractivity contribution in [3.8, 4) is 0 Å². The van der Waals surface area contributed by atoms with Gasteiger partial charge in [-0.1, -0.05) is 22.0 Å². The van der Waals surface area contributed by atoms with Gasteiger partial charge in [0.15, 0.2) is 0 Å². The zero-order valence-electron chi connectivity index (χ0n) is 7.54. The predicted octanol–water partition coefficient (Wildman–Crippen LogP) is 3.59. The molecule has 0 saturated heterocycles. The van der Waals surface area contributed by atoms with Crippen LogP contribution < -0.4 is 5.73 Å². The Morgan fingerprint density at radius 3 is 2.64 bits per heavy atom. The number of nitrogens with two attached hydrogens (primary N) is 1. The lowest BCUT2D eigenvalue weighted by atomic mass is 10.1. The van der Waals surface area contributed by atoms with Crippen LogP contribution in [0.1, 0.15) is 18.0 Å². The smallest absolute Gasteiger partial charge is 0.124 e. The predicted molar refractivity (Wildman–Crippen MR) is 63.1 cm³/mol. The summed E-state index contributed by atoms with van der Waals surface area (Å²) in [7, 11) is 0. The average molecular weight is 281 g/mol. The van der Waals surface area contributed by atoms with Gasteiger partial charge in [-0.3, -0.25) is 0 Å². The number of rotatable bonds is 3. The maximum atomic E-state index is 12.9. The first-order valence-corrected chi connectivity index (χ1v) is 4.75. The Morgan fingerprint density at radius 1 is 1.50 bits per heavy atom. The Labute approximate surface area is 97.7 Å². The van der Waals surface area contributed by atoms with Crippen LogP contribution in [0.15, 0.2) is 35.3 Å². The number of hydrogen-bond acceptors (Lipinski definition) is 1. The van der Waals surface area contributed by atoms with E-state index in [1.54, 1.807) is 6.08 Å². The maximum absolute atomic E-state index is 12.9. The highest BCUT2D eigenvalue weighted by molar-refractivity contribution is 9.10. The largest absolute Gasteiger partial charge is 0.324 e. The molecule has 1 aromatic carbocycles. The molecule has 78 valence electrons. The molecule has 2 N–H and O–H groups in total. The topological polar surface area (TPSA) is 26.0 Å². The molecular formula is C10H12BrClFN. The van der Waals surface area contributed by atoms with Gasteiger partial charge in [-0.2, -0.15) is 0 Å². The van der Waals surface area contributed by atoms with Crippen LogP contribution in [-0.2, 0) is 0 Å². The van der Waals surface area contributed by atoms with E-state index < -0.39 is 0 Å². The molecule has 0 spiro atoms. The molecule has 14 heavy (non-hydrogen) atoms. The number of benzene rings is 1. The number of hydrogen-bond donors (Lipinski definition) is 1. The minimum absolute atomic E-state index is 0. The molecule has 0 amide bonds. The van der Waals surface area contributed by atoms with Gasteiger partial charge in [-0.15, -0.1) is 19.0 Å². The van der Waals surface area contributed by atoms with E-state index in [0.29, 0.717) is 10.9 Å². The van der Waals surface area contributed by atoms with Gasteiger partial charge in [-0.25, -0.2) is 4.39 Å². The van der Waals surface area contributed by atoms with Gasteiger partial charge in [0.25, 0.3) is 0 Å². The van der Waals surface area contributed by atoms with Gasteiger partial charge >= 0.3 is 0 Å². The normalized spacial score (nSPS) is 11.6. The standard InChI is InChI=1S/C10H11BrFN.ClH/c1-2-3-10(13)7-4-8(11)6-9(12)5-7;/h2,4-6,10H,1,3,13H2;1H/t10-;/m0./s1. The molecule has 0 aliphatic carbocycles. The Hall–Kier alpha value is -0.380. The van der Waals surface area contributed by atoms with Crippen molar-refractivity contribution in [1.29, 1.82) is 0 Å². The second-order valence-corrected chi connectivity index (χ2v) is 3.75. The fourth-order valence-electron chi connectivity index (χ4n) is 1.10. The minimum atomic E-state index is -0.274. The van der Waals surface area contributed by atoms with Crippen molar-refractivity contribution >= 4 is 28.3 Å². The third kappa shape index (κ3) is 3.78. The summed E-state index contributed by atoms with van der Waals surface area (Å²) in [6.07, 6.45) is 2.37. The summed E-state index contributed by atoms with van der Waals surface area (Å²) in [6, 6.07) is 4.49. The van der Waals surface area contributed by atoms with Crippen molar-refractivity contribution in [2.45, 2.75) is 12.5 Å². The van der Waals surface area contributed by atoms with Crippen molar-refractivity contribution in [2.24, 2.45) is 5.73 Å². The Kier molecular flexibility index (Phi) is 6.00. The van der Waals surface area contributed by atoms with E-state index in [1.807, 2.05) is 6.07 Å². The van der Waals surface area contributed by atoms with Gasteiger partial charge in [0.05, 0.1) is 0 Å².